The summed E-state index contributed by atoms with van der Waals surface area (Å²) in [7, 11) is 0. The highest BCUT2D eigenvalue weighted by molar-refractivity contribution is 14.1. The van der Waals surface area contributed by atoms with Crippen molar-refractivity contribution in [3.8, 4) is 0 Å². The molecule has 1 atom stereocenters. The minimum atomic E-state index is 0.467. The fraction of sp³-hybridized carbons (Fsp3) is 1.00. The molecule has 16 heavy (non-hydrogen) atoms. The van der Waals surface area contributed by atoms with Gasteiger partial charge in [-0.3, -0.25) is 0 Å². The lowest BCUT2D eigenvalue weighted by molar-refractivity contribution is 0.0714. The smallest absolute Gasteiger partial charge is 0.0559 e. The summed E-state index contributed by atoms with van der Waals surface area (Å²) >= 11 is 2.36. The summed E-state index contributed by atoms with van der Waals surface area (Å²) in [6.07, 6.45) is 12.9. The van der Waals surface area contributed by atoms with Gasteiger partial charge in [-0.05, 0) is 13.3 Å². The van der Waals surface area contributed by atoms with Crippen LogP contribution in [0.5, 0.6) is 0 Å². The molecule has 0 aliphatic carbocycles. The number of ether oxygens (including phenoxy) is 1. The molecule has 0 spiro atoms. The summed E-state index contributed by atoms with van der Waals surface area (Å²) in [5.41, 5.74) is 0. The van der Waals surface area contributed by atoms with Gasteiger partial charge in [0.1, 0.15) is 0 Å². The standard InChI is InChI=1S/C14H29IO/c1-3-4-5-6-7-8-9-10-11-14(2)16-13-12-15/h14H,3-13H2,1-2H3. The van der Waals surface area contributed by atoms with Crippen molar-refractivity contribution in [2.45, 2.75) is 77.7 Å². The van der Waals surface area contributed by atoms with Crippen LogP contribution in [0.1, 0.15) is 71.6 Å². The Morgan fingerprint density at radius 3 is 2.06 bits per heavy atom. The molecule has 0 amide bonds. The summed E-state index contributed by atoms with van der Waals surface area (Å²) in [4.78, 5) is 0. The van der Waals surface area contributed by atoms with Crippen LogP contribution in [0.15, 0.2) is 0 Å². The molecule has 1 unspecified atom stereocenters. The molecule has 0 saturated carbocycles. The van der Waals surface area contributed by atoms with Crippen LogP contribution in [-0.2, 0) is 4.74 Å². The normalized spacial score (nSPS) is 12.9. The van der Waals surface area contributed by atoms with Crippen LogP contribution >= 0.6 is 22.6 Å². The third kappa shape index (κ3) is 12.8. The predicted molar refractivity (Wildman–Crippen MR) is 81.5 cm³/mol. The number of hydrogen-bond acceptors (Lipinski definition) is 1. The Bertz CT molecular complexity index is 128. The number of unbranched alkanes of at least 4 members (excludes halogenated alkanes) is 7. The molecule has 0 fully saturated rings. The van der Waals surface area contributed by atoms with Crippen LogP contribution in [0.4, 0.5) is 0 Å². The van der Waals surface area contributed by atoms with Crippen LogP contribution in [0.3, 0.4) is 0 Å². The lowest BCUT2D eigenvalue weighted by Gasteiger charge is -2.11. The second-order valence-electron chi connectivity index (χ2n) is 4.63. The second kappa shape index (κ2) is 13.8. The molecular weight excluding hydrogens is 311 g/mol. The van der Waals surface area contributed by atoms with E-state index in [1.165, 1.54) is 57.8 Å². The Balaban J connectivity index is 3.02. The van der Waals surface area contributed by atoms with Crippen molar-refractivity contribution in [3.05, 3.63) is 0 Å². The number of alkyl halides is 1. The lowest BCUT2D eigenvalue weighted by Crippen LogP contribution is -2.09. The van der Waals surface area contributed by atoms with Gasteiger partial charge in [0.15, 0.2) is 0 Å². The predicted octanol–water partition coefficient (Wildman–Crippen LogP) is 5.36. The average molecular weight is 340 g/mol. The van der Waals surface area contributed by atoms with Crippen molar-refractivity contribution in [1.82, 2.24) is 0 Å². The van der Waals surface area contributed by atoms with Gasteiger partial charge in [0.25, 0.3) is 0 Å². The maximum absolute atomic E-state index is 5.64. The van der Waals surface area contributed by atoms with E-state index in [2.05, 4.69) is 36.4 Å². The molecule has 0 N–H and O–H groups in total. The van der Waals surface area contributed by atoms with E-state index in [0.717, 1.165) is 11.0 Å². The van der Waals surface area contributed by atoms with E-state index in [1.807, 2.05) is 0 Å². The van der Waals surface area contributed by atoms with Crippen LogP contribution in [0.25, 0.3) is 0 Å². The van der Waals surface area contributed by atoms with Crippen LogP contribution < -0.4 is 0 Å². The third-order valence-electron chi connectivity index (χ3n) is 2.94. The Labute approximate surface area is 116 Å². The fourth-order valence-electron chi connectivity index (χ4n) is 1.89. The van der Waals surface area contributed by atoms with Gasteiger partial charge in [0, 0.05) is 4.43 Å². The fourth-order valence-corrected chi connectivity index (χ4v) is 2.15. The third-order valence-corrected chi connectivity index (χ3v) is 3.38. The highest BCUT2D eigenvalue weighted by Gasteiger charge is 2.00. The largest absolute Gasteiger partial charge is 0.378 e. The quantitative estimate of drug-likeness (QED) is 0.264. The number of rotatable bonds is 12. The SMILES string of the molecule is CCCCCCCCCCC(C)OCCI. The first kappa shape index (κ1) is 16.7. The van der Waals surface area contributed by atoms with Crippen molar-refractivity contribution >= 4 is 22.6 Å². The molecule has 0 rings (SSSR count). The molecule has 0 saturated heterocycles. The zero-order valence-electron chi connectivity index (χ0n) is 11.1. The van der Waals surface area contributed by atoms with E-state index in [1.54, 1.807) is 0 Å². The van der Waals surface area contributed by atoms with Crippen LogP contribution in [-0.4, -0.2) is 17.1 Å². The van der Waals surface area contributed by atoms with Crippen molar-refractivity contribution in [2.24, 2.45) is 0 Å². The van der Waals surface area contributed by atoms with Crippen molar-refractivity contribution in [3.63, 3.8) is 0 Å². The Hall–Kier alpha value is 0.690. The number of halogens is 1. The minimum Gasteiger partial charge on any atom is -0.378 e. The Morgan fingerprint density at radius 1 is 0.938 bits per heavy atom. The first-order chi connectivity index (χ1) is 7.81. The molecule has 0 radical (unpaired) electrons. The molecule has 0 aliphatic rings. The van der Waals surface area contributed by atoms with Gasteiger partial charge in [0.2, 0.25) is 0 Å². The van der Waals surface area contributed by atoms with Gasteiger partial charge in [-0.2, -0.15) is 0 Å². The van der Waals surface area contributed by atoms with Crippen LogP contribution in [0, 0.1) is 0 Å². The molecule has 0 bridgehead atoms. The second-order valence-corrected chi connectivity index (χ2v) is 5.71. The van der Waals surface area contributed by atoms with Gasteiger partial charge >= 0.3 is 0 Å². The molecular formula is C14H29IO. The summed E-state index contributed by atoms with van der Waals surface area (Å²) < 4.78 is 6.75. The first-order valence-electron chi connectivity index (χ1n) is 6.98. The molecule has 0 aromatic heterocycles. The van der Waals surface area contributed by atoms with Crippen molar-refractivity contribution < 1.29 is 4.74 Å². The van der Waals surface area contributed by atoms with E-state index < -0.39 is 0 Å². The summed E-state index contributed by atoms with van der Waals surface area (Å²) in [6.45, 7) is 5.39. The van der Waals surface area contributed by atoms with Gasteiger partial charge < -0.3 is 4.74 Å². The molecule has 0 aromatic carbocycles. The molecule has 98 valence electrons. The Morgan fingerprint density at radius 2 is 1.50 bits per heavy atom. The van der Waals surface area contributed by atoms with Crippen molar-refractivity contribution in [1.29, 1.82) is 0 Å². The van der Waals surface area contributed by atoms with Crippen LogP contribution in [0.2, 0.25) is 0 Å². The number of hydrogen-bond donors (Lipinski definition) is 0. The highest BCUT2D eigenvalue weighted by Crippen LogP contribution is 2.11. The van der Waals surface area contributed by atoms with E-state index in [-0.39, 0.29) is 0 Å². The maximum atomic E-state index is 5.64. The molecule has 0 aromatic rings. The van der Waals surface area contributed by atoms with E-state index in [9.17, 15) is 0 Å². The minimum absolute atomic E-state index is 0.467. The first-order valence-corrected chi connectivity index (χ1v) is 8.51. The zero-order valence-corrected chi connectivity index (χ0v) is 13.3. The summed E-state index contributed by atoms with van der Waals surface area (Å²) in [6, 6.07) is 0. The maximum Gasteiger partial charge on any atom is 0.0559 e. The molecule has 0 aliphatic heterocycles. The Kier molecular flexibility index (Phi) is 14.3. The summed E-state index contributed by atoms with van der Waals surface area (Å²) in [5, 5.41) is 0. The lowest BCUT2D eigenvalue weighted by atomic mass is 10.1. The summed E-state index contributed by atoms with van der Waals surface area (Å²) in [5.74, 6) is 0. The monoisotopic (exact) mass is 340 g/mol. The highest BCUT2D eigenvalue weighted by atomic mass is 127. The zero-order chi connectivity index (χ0) is 12.1. The van der Waals surface area contributed by atoms with Gasteiger partial charge in [-0.15, -0.1) is 0 Å². The molecule has 2 heteroatoms. The van der Waals surface area contributed by atoms with E-state index in [4.69, 9.17) is 4.74 Å². The van der Waals surface area contributed by atoms with Gasteiger partial charge in [-0.1, -0.05) is 80.9 Å². The van der Waals surface area contributed by atoms with Crippen molar-refractivity contribution in [2.75, 3.05) is 11.0 Å². The van der Waals surface area contributed by atoms with E-state index in [0.29, 0.717) is 6.10 Å². The topological polar surface area (TPSA) is 9.23 Å². The van der Waals surface area contributed by atoms with Gasteiger partial charge in [-0.25, -0.2) is 0 Å². The average Bonchev–Trinajstić information content (AvgIpc) is 2.30. The van der Waals surface area contributed by atoms with E-state index >= 15 is 0 Å². The van der Waals surface area contributed by atoms with Gasteiger partial charge in [0.05, 0.1) is 12.7 Å². The molecule has 0 heterocycles. The molecule has 1 nitrogen and oxygen atoms in total.